The summed E-state index contributed by atoms with van der Waals surface area (Å²) in [6.45, 7) is 4.55. The summed E-state index contributed by atoms with van der Waals surface area (Å²) in [5, 5.41) is 29.2. The average Bonchev–Trinajstić information content (AvgIpc) is 3.67. The van der Waals surface area contributed by atoms with Crippen LogP contribution in [0.4, 0.5) is 10.1 Å². The molecule has 49 heavy (non-hydrogen) atoms. The number of hydrogen-bond acceptors (Lipinski definition) is 6. The van der Waals surface area contributed by atoms with Gasteiger partial charge in [0.15, 0.2) is 12.5 Å². The molecule has 1 amide bonds. The summed E-state index contributed by atoms with van der Waals surface area (Å²) in [5.41, 5.74) is 3.08. The largest absolute Gasteiger partial charge is 0.481 e. The minimum Gasteiger partial charge on any atom is -0.481 e. The number of aliphatic hydroxyl groups excluding tert-OH is 1. The van der Waals surface area contributed by atoms with Crippen molar-refractivity contribution in [2.24, 2.45) is 17.8 Å². The van der Waals surface area contributed by atoms with Crippen molar-refractivity contribution in [2.45, 2.75) is 83.3 Å². The van der Waals surface area contributed by atoms with Crippen molar-refractivity contribution < 1.29 is 42.5 Å². The van der Waals surface area contributed by atoms with Crippen LogP contribution in [0.3, 0.4) is 0 Å². The average molecular weight is 699 g/mol. The minimum absolute atomic E-state index is 0.0312. The van der Waals surface area contributed by atoms with Crippen molar-refractivity contribution in [3.8, 4) is 0 Å². The second-order valence-electron chi connectivity index (χ2n) is 13.8. The number of aliphatic hydroxyl groups is 1. The predicted octanol–water partition coefficient (Wildman–Crippen LogP) is 6.41. The smallest absolute Gasteiger partial charge is 0.329 e. The van der Waals surface area contributed by atoms with E-state index in [4.69, 9.17) is 10.2 Å². The molecule has 11 heteroatoms. The van der Waals surface area contributed by atoms with Gasteiger partial charge in [-0.15, -0.1) is 0 Å². The molecule has 2 aromatic rings. The van der Waals surface area contributed by atoms with Crippen molar-refractivity contribution in [3.63, 3.8) is 0 Å². The van der Waals surface area contributed by atoms with E-state index in [1.165, 1.54) is 18.4 Å². The molecule has 0 aliphatic carbocycles. The van der Waals surface area contributed by atoms with Gasteiger partial charge < -0.3 is 15.3 Å². The number of hydrogen-bond donors (Lipinski definition) is 3. The standard InChI is InChI=1S/C38H48FNO8S/c1-4-9-29(10-7-5-6-8-11-32(36(43)44)37(45)46)38-25-40(38,31-20-14-27(15-21-31)13-12-26(2)24-49(3,47)48)35(42)33(38)22-23-34(41)28-16-18-30(39)19-17-28/h7,9-10,14-21,26,32-34,41H,4-6,8,11-13,22-25H2,1-3H3,(H-,43,44,45,46)/p+1. The Bertz CT molecular complexity index is 1660. The minimum atomic E-state index is -3.05. The number of unbranched alkanes of at least 4 members (excludes halogenated alkanes) is 2. The molecule has 4 rings (SSSR count). The van der Waals surface area contributed by atoms with E-state index < -0.39 is 39.3 Å². The first-order valence-electron chi connectivity index (χ1n) is 17.1. The zero-order valence-electron chi connectivity index (χ0n) is 28.6. The molecule has 2 aliphatic heterocycles. The van der Waals surface area contributed by atoms with Crippen molar-refractivity contribution in [3.05, 3.63) is 89.3 Å². The van der Waals surface area contributed by atoms with Gasteiger partial charge in [-0.3, -0.25) is 9.59 Å². The highest BCUT2D eigenvalue weighted by Gasteiger charge is 2.91. The molecule has 0 aromatic heterocycles. The first-order valence-corrected chi connectivity index (χ1v) is 19.2. The predicted molar refractivity (Wildman–Crippen MR) is 187 cm³/mol. The molecule has 2 aromatic carbocycles. The summed E-state index contributed by atoms with van der Waals surface area (Å²) < 4.78 is 37.0. The van der Waals surface area contributed by atoms with E-state index in [1.54, 1.807) is 12.1 Å². The summed E-state index contributed by atoms with van der Waals surface area (Å²) >= 11 is 0. The second kappa shape index (κ2) is 15.9. The Morgan fingerprint density at radius 2 is 1.67 bits per heavy atom. The third-order valence-electron chi connectivity index (χ3n) is 10.1. The number of sulfone groups is 1. The summed E-state index contributed by atoms with van der Waals surface area (Å²) in [6.07, 6.45) is 11.3. The lowest BCUT2D eigenvalue weighted by Crippen LogP contribution is -2.63. The van der Waals surface area contributed by atoms with Gasteiger partial charge in [-0.25, -0.2) is 22.1 Å². The number of allylic oxidation sites excluding steroid dienone is 2. The van der Waals surface area contributed by atoms with Gasteiger partial charge in [0.05, 0.1) is 11.9 Å². The third kappa shape index (κ3) is 8.56. The number of benzene rings is 2. The number of carboxylic acid groups (broad SMARTS) is 2. The van der Waals surface area contributed by atoms with Crippen LogP contribution in [0.2, 0.25) is 0 Å². The Morgan fingerprint density at radius 3 is 2.27 bits per heavy atom. The highest BCUT2D eigenvalue weighted by Crippen LogP contribution is 2.67. The van der Waals surface area contributed by atoms with Gasteiger partial charge in [0.1, 0.15) is 27.3 Å². The van der Waals surface area contributed by atoms with Gasteiger partial charge in [0.25, 0.3) is 0 Å². The molecule has 2 heterocycles. The molecule has 3 N–H and O–H groups in total. The molecule has 9 nitrogen and oxygen atoms in total. The van der Waals surface area contributed by atoms with Crippen LogP contribution in [-0.4, -0.2) is 65.7 Å². The van der Waals surface area contributed by atoms with Crippen LogP contribution in [-0.2, 0) is 30.6 Å². The first kappa shape index (κ1) is 38.1. The molecule has 0 saturated carbocycles. The monoisotopic (exact) mass is 698 g/mol. The lowest BCUT2D eigenvalue weighted by molar-refractivity contribution is -0.154. The number of amides is 1. The highest BCUT2D eigenvalue weighted by molar-refractivity contribution is 7.90. The molecule has 2 fully saturated rings. The van der Waals surface area contributed by atoms with Crippen LogP contribution in [0.5, 0.6) is 0 Å². The number of fused-ring (bicyclic) bond motifs is 1. The van der Waals surface area contributed by atoms with Crippen molar-refractivity contribution in [1.29, 1.82) is 0 Å². The number of aryl methyl sites for hydroxylation is 1. The van der Waals surface area contributed by atoms with Crippen molar-refractivity contribution in [1.82, 2.24) is 4.48 Å². The summed E-state index contributed by atoms with van der Waals surface area (Å²) in [6, 6.07) is 13.7. The summed E-state index contributed by atoms with van der Waals surface area (Å²) in [7, 11) is -3.05. The SMILES string of the molecule is CCC=C(C=CCCCCC(C(=O)O)C(=O)O)C12C[N+]1(c1ccc(CCC(C)CS(C)(=O)=O)cc1)C(=O)C2CCC(O)c1ccc(F)cc1. The van der Waals surface area contributed by atoms with Gasteiger partial charge in [-0.1, -0.05) is 62.8 Å². The Kier molecular flexibility index (Phi) is 12.4. The van der Waals surface area contributed by atoms with E-state index in [0.29, 0.717) is 44.2 Å². The second-order valence-corrected chi connectivity index (χ2v) is 16.0. The third-order valence-corrected chi connectivity index (χ3v) is 11.3. The van der Waals surface area contributed by atoms with Crippen LogP contribution < -0.4 is 4.48 Å². The number of rotatable bonds is 20. The van der Waals surface area contributed by atoms with Crippen LogP contribution in [0.25, 0.3) is 0 Å². The molecular weight excluding hydrogens is 649 g/mol. The summed E-state index contributed by atoms with van der Waals surface area (Å²) in [5.74, 6) is -4.55. The van der Waals surface area contributed by atoms with Crippen LogP contribution in [0, 0.1) is 23.6 Å². The fourth-order valence-electron chi connectivity index (χ4n) is 7.59. The van der Waals surface area contributed by atoms with Crippen LogP contribution >= 0.6 is 0 Å². The quantitative estimate of drug-likeness (QED) is 0.0359. The number of aliphatic carboxylic acids is 2. The number of carbonyl (C=O) groups is 3. The number of carboxylic acids is 2. The van der Waals surface area contributed by atoms with Gasteiger partial charge in [0.2, 0.25) is 5.54 Å². The van der Waals surface area contributed by atoms with E-state index in [1.807, 2.05) is 50.3 Å². The number of nitrogens with zero attached hydrogens (tertiary/aromatic N) is 1. The number of carbonyl (C=O) groups excluding carboxylic acids is 1. The lowest BCUT2D eigenvalue weighted by atomic mass is 9.74. The Morgan fingerprint density at radius 1 is 1.02 bits per heavy atom. The molecule has 5 unspecified atom stereocenters. The maximum Gasteiger partial charge on any atom is 0.329 e. The van der Waals surface area contributed by atoms with E-state index in [-0.39, 0.29) is 40.2 Å². The molecular formula is C38H49FNO8S+. The Hall–Kier alpha value is -3.67. The van der Waals surface area contributed by atoms with Crippen LogP contribution in [0.1, 0.15) is 82.4 Å². The lowest BCUT2D eigenvalue weighted by Gasteiger charge is -2.40. The Balaban J connectivity index is 1.52. The molecule has 0 bridgehead atoms. The Labute approximate surface area is 288 Å². The molecule has 266 valence electrons. The van der Waals surface area contributed by atoms with E-state index >= 15 is 0 Å². The molecule has 0 radical (unpaired) electrons. The van der Waals surface area contributed by atoms with E-state index in [2.05, 4.69) is 6.08 Å². The van der Waals surface area contributed by atoms with Gasteiger partial charge in [0, 0.05) is 11.8 Å². The zero-order chi connectivity index (χ0) is 36.0. The topological polar surface area (TPSA) is 146 Å². The summed E-state index contributed by atoms with van der Waals surface area (Å²) in [4.78, 5) is 36.5. The number of β-lactam (4-membered cyclic amide) rings is 1. The van der Waals surface area contributed by atoms with E-state index in [0.717, 1.165) is 36.1 Å². The van der Waals surface area contributed by atoms with E-state index in [9.17, 15) is 32.3 Å². The van der Waals surface area contributed by atoms with Crippen molar-refractivity contribution >= 4 is 33.4 Å². The number of halogens is 1. The van der Waals surface area contributed by atoms with Gasteiger partial charge in [-0.2, -0.15) is 0 Å². The number of quaternary nitrogens is 1. The fourth-order valence-corrected chi connectivity index (χ4v) is 8.79. The molecule has 2 aliphatic rings. The van der Waals surface area contributed by atoms with Gasteiger partial charge in [-0.05, 0) is 92.7 Å². The highest BCUT2D eigenvalue weighted by atomic mass is 32.2. The van der Waals surface area contributed by atoms with Gasteiger partial charge >= 0.3 is 17.8 Å². The molecule has 2 saturated heterocycles. The molecule has 0 spiro atoms. The molecule has 5 atom stereocenters. The fraction of sp³-hybridized carbons (Fsp3) is 0.500. The first-order chi connectivity index (χ1) is 23.2. The van der Waals surface area contributed by atoms with Crippen molar-refractivity contribution in [2.75, 3.05) is 18.6 Å². The normalized spacial score (nSPS) is 23.3. The zero-order valence-corrected chi connectivity index (χ0v) is 29.4. The maximum absolute atomic E-state index is 14.1. The maximum atomic E-state index is 14.1. The van der Waals surface area contributed by atoms with Crippen LogP contribution in [0.15, 0.2) is 72.3 Å².